The number of amides is 1. The molecule has 1 aromatic carbocycles. The van der Waals surface area contributed by atoms with Crippen molar-refractivity contribution in [2.45, 2.75) is 51.5 Å². The molecule has 0 spiro atoms. The van der Waals surface area contributed by atoms with Crippen molar-refractivity contribution in [3.8, 4) is 0 Å². The maximum absolute atomic E-state index is 12.6. The van der Waals surface area contributed by atoms with Crippen LogP contribution in [0.2, 0.25) is 5.02 Å². The van der Waals surface area contributed by atoms with Gasteiger partial charge < -0.3 is 10.1 Å². The lowest BCUT2D eigenvalue weighted by Gasteiger charge is -2.41. The Morgan fingerprint density at radius 2 is 2.26 bits per heavy atom. The van der Waals surface area contributed by atoms with E-state index in [4.69, 9.17) is 16.3 Å². The predicted octanol–water partition coefficient (Wildman–Crippen LogP) is 3.76. The molecule has 4 atom stereocenters. The molecular weight excluding hydrogens is 362 g/mol. The SMILES string of the molecule is CCC12CCC(c3ccc(C4=NN4CCOC)cc3Cl)CC1C(C)NC2=O. The molecule has 6 heteroatoms. The van der Waals surface area contributed by atoms with E-state index >= 15 is 0 Å². The first kappa shape index (κ1) is 18.8. The van der Waals surface area contributed by atoms with Gasteiger partial charge in [0.2, 0.25) is 5.91 Å². The number of hydrogen-bond acceptors (Lipinski definition) is 4. The number of amidine groups is 1. The van der Waals surface area contributed by atoms with Gasteiger partial charge in [0.25, 0.3) is 0 Å². The number of carbonyl (C=O) groups excluding carboxylic acids is 1. The van der Waals surface area contributed by atoms with Gasteiger partial charge in [-0.2, -0.15) is 5.10 Å². The van der Waals surface area contributed by atoms with Crippen LogP contribution >= 0.6 is 11.6 Å². The Balaban J connectivity index is 1.49. The molecule has 1 N–H and O–H groups in total. The number of ether oxygens (including phenoxy) is 1. The monoisotopic (exact) mass is 389 g/mol. The van der Waals surface area contributed by atoms with Crippen LogP contribution in [0.15, 0.2) is 23.3 Å². The van der Waals surface area contributed by atoms with E-state index in [0.717, 1.165) is 48.6 Å². The molecule has 2 fully saturated rings. The van der Waals surface area contributed by atoms with Crippen LogP contribution in [-0.2, 0) is 9.53 Å². The third-order valence-electron chi connectivity index (χ3n) is 6.86. The van der Waals surface area contributed by atoms with E-state index < -0.39 is 0 Å². The number of rotatable bonds is 6. The van der Waals surface area contributed by atoms with Gasteiger partial charge >= 0.3 is 0 Å². The van der Waals surface area contributed by atoms with Crippen molar-refractivity contribution in [1.82, 2.24) is 10.3 Å². The summed E-state index contributed by atoms with van der Waals surface area (Å²) in [7, 11) is 1.69. The summed E-state index contributed by atoms with van der Waals surface area (Å²) >= 11 is 6.68. The second-order valence-electron chi connectivity index (χ2n) is 8.13. The van der Waals surface area contributed by atoms with E-state index in [1.165, 1.54) is 5.56 Å². The first-order chi connectivity index (χ1) is 13.0. The molecule has 2 heterocycles. The van der Waals surface area contributed by atoms with Crippen LogP contribution in [0.5, 0.6) is 0 Å². The van der Waals surface area contributed by atoms with Gasteiger partial charge in [0.15, 0.2) is 5.84 Å². The van der Waals surface area contributed by atoms with Crippen LogP contribution in [0.25, 0.3) is 0 Å². The van der Waals surface area contributed by atoms with Gasteiger partial charge in [0, 0.05) is 23.7 Å². The summed E-state index contributed by atoms with van der Waals surface area (Å²) in [4.78, 5) is 12.6. The molecule has 27 heavy (non-hydrogen) atoms. The Bertz CT molecular complexity index is 781. The minimum atomic E-state index is -0.174. The molecule has 1 saturated heterocycles. The summed E-state index contributed by atoms with van der Waals surface area (Å²) in [5, 5.41) is 10.3. The smallest absolute Gasteiger partial charge is 0.226 e. The zero-order valence-corrected chi connectivity index (χ0v) is 17.1. The number of methoxy groups -OCH3 is 1. The second-order valence-corrected chi connectivity index (χ2v) is 8.53. The van der Waals surface area contributed by atoms with Crippen molar-refractivity contribution in [3.63, 3.8) is 0 Å². The molecule has 146 valence electrons. The number of hydrogen-bond donors (Lipinski definition) is 1. The highest BCUT2D eigenvalue weighted by molar-refractivity contribution is 6.32. The van der Waals surface area contributed by atoms with Crippen LogP contribution < -0.4 is 5.32 Å². The quantitative estimate of drug-likeness (QED) is 0.805. The molecule has 0 bridgehead atoms. The van der Waals surface area contributed by atoms with E-state index in [2.05, 4.69) is 36.4 Å². The van der Waals surface area contributed by atoms with Crippen molar-refractivity contribution < 1.29 is 9.53 Å². The highest BCUT2D eigenvalue weighted by Gasteiger charge is 2.54. The molecule has 1 aliphatic carbocycles. The number of nitrogens with one attached hydrogen (secondary N) is 1. The molecule has 1 amide bonds. The molecule has 4 unspecified atom stereocenters. The third kappa shape index (κ3) is 3.15. The fourth-order valence-electron chi connectivity index (χ4n) is 5.19. The van der Waals surface area contributed by atoms with Crippen molar-refractivity contribution in [3.05, 3.63) is 34.3 Å². The van der Waals surface area contributed by atoms with Crippen LogP contribution in [0.3, 0.4) is 0 Å². The van der Waals surface area contributed by atoms with Gasteiger partial charge in [0.1, 0.15) is 0 Å². The highest BCUT2D eigenvalue weighted by Crippen LogP contribution is 2.54. The highest BCUT2D eigenvalue weighted by atomic mass is 35.5. The fraction of sp³-hybridized carbons (Fsp3) is 0.619. The first-order valence-corrected chi connectivity index (χ1v) is 10.3. The minimum Gasteiger partial charge on any atom is -0.383 e. The average Bonchev–Trinajstić information content (AvgIpc) is 3.40. The third-order valence-corrected chi connectivity index (χ3v) is 7.19. The number of hydrazone groups is 1. The van der Waals surface area contributed by atoms with E-state index in [1.54, 1.807) is 7.11 Å². The van der Waals surface area contributed by atoms with Crippen LogP contribution in [0.4, 0.5) is 0 Å². The van der Waals surface area contributed by atoms with Gasteiger partial charge in [-0.25, -0.2) is 5.01 Å². The molecule has 3 aliphatic rings. The van der Waals surface area contributed by atoms with Gasteiger partial charge in [-0.15, -0.1) is 0 Å². The van der Waals surface area contributed by atoms with Gasteiger partial charge in [-0.1, -0.05) is 30.7 Å². The summed E-state index contributed by atoms with van der Waals surface area (Å²) in [6.45, 7) is 5.73. The molecule has 0 radical (unpaired) electrons. The largest absolute Gasteiger partial charge is 0.383 e. The molecule has 1 saturated carbocycles. The summed E-state index contributed by atoms with van der Waals surface area (Å²) in [5.41, 5.74) is 2.10. The summed E-state index contributed by atoms with van der Waals surface area (Å²) in [6.07, 6.45) is 3.91. The topological polar surface area (TPSA) is 53.7 Å². The average molecular weight is 390 g/mol. The fourth-order valence-corrected chi connectivity index (χ4v) is 5.53. The van der Waals surface area contributed by atoms with E-state index in [0.29, 0.717) is 18.4 Å². The van der Waals surface area contributed by atoms with Crippen molar-refractivity contribution in [2.75, 3.05) is 20.3 Å². The van der Waals surface area contributed by atoms with Crippen LogP contribution in [-0.4, -0.2) is 43.1 Å². The maximum Gasteiger partial charge on any atom is 0.226 e. The Morgan fingerprint density at radius 1 is 1.44 bits per heavy atom. The second kappa shape index (κ2) is 7.10. The van der Waals surface area contributed by atoms with Gasteiger partial charge in [-0.3, -0.25) is 4.79 Å². The zero-order chi connectivity index (χ0) is 19.2. The molecule has 0 aromatic heterocycles. The van der Waals surface area contributed by atoms with Crippen molar-refractivity contribution in [1.29, 1.82) is 0 Å². The number of nitrogens with zero attached hydrogens (tertiary/aromatic N) is 2. The lowest BCUT2D eigenvalue weighted by molar-refractivity contribution is -0.130. The van der Waals surface area contributed by atoms with E-state index in [1.807, 2.05) is 11.1 Å². The molecule has 4 rings (SSSR count). The predicted molar refractivity (Wildman–Crippen MR) is 107 cm³/mol. The van der Waals surface area contributed by atoms with Gasteiger partial charge in [-0.05, 0) is 56.1 Å². The summed E-state index contributed by atoms with van der Waals surface area (Å²) < 4.78 is 5.10. The number of benzene rings is 1. The van der Waals surface area contributed by atoms with Crippen molar-refractivity contribution in [2.24, 2.45) is 16.4 Å². The lowest BCUT2D eigenvalue weighted by atomic mass is 9.61. The minimum absolute atomic E-state index is 0.174. The zero-order valence-electron chi connectivity index (χ0n) is 16.3. The van der Waals surface area contributed by atoms with Gasteiger partial charge in [0.05, 0.1) is 18.6 Å². The van der Waals surface area contributed by atoms with Crippen molar-refractivity contribution >= 4 is 23.3 Å². The Labute approximate surface area is 166 Å². The number of fused-ring (bicyclic) bond motifs is 1. The Morgan fingerprint density at radius 3 is 2.96 bits per heavy atom. The van der Waals surface area contributed by atoms with E-state index in [9.17, 15) is 4.79 Å². The standard InChI is InChI=1S/C21H28ClN3O2/c1-4-21-8-7-14(11-17(21)13(2)23-20(21)26)16-6-5-15(12-18(16)22)19-24-25(19)9-10-27-3/h5-6,12-14,17H,4,7-11H2,1-3H3,(H,23,26). The Hall–Kier alpha value is -1.59. The first-order valence-electron chi connectivity index (χ1n) is 9.96. The molecule has 2 aliphatic heterocycles. The summed E-state index contributed by atoms with van der Waals surface area (Å²) in [6, 6.07) is 6.56. The number of carbonyl (C=O) groups is 1. The lowest BCUT2D eigenvalue weighted by Crippen LogP contribution is -2.39. The van der Waals surface area contributed by atoms with E-state index in [-0.39, 0.29) is 17.4 Å². The molecular formula is C21H28ClN3O2. The molecule has 5 nitrogen and oxygen atoms in total. The summed E-state index contributed by atoms with van der Waals surface area (Å²) in [5.74, 6) is 2.04. The van der Waals surface area contributed by atoms with Crippen LogP contribution in [0, 0.1) is 11.3 Å². The van der Waals surface area contributed by atoms with Crippen LogP contribution in [0.1, 0.15) is 56.6 Å². The molecule has 1 aromatic rings. The maximum atomic E-state index is 12.6. The Kier molecular flexibility index (Phi) is 4.93. The normalized spacial score (nSPS) is 32.1. The number of halogens is 1.